The van der Waals surface area contributed by atoms with Crippen LogP contribution >= 0.6 is 0 Å². The molecule has 4 unspecified atom stereocenters. The van der Waals surface area contributed by atoms with Gasteiger partial charge in [-0.15, -0.1) is 0 Å². The van der Waals surface area contributed by atoms with Crippen molar-refractivity contribution in [2.45, 2.75) is 192 Å². The third kappa shape index (κ3) is 11.8. The van der Waals surface area contributed by atoms with Crippen molar-refractivity contribution in [1.29, 1.82) is 0 Å². The molecule has 0 amide bonds. The molecule has 4 atom stereocenters. The molecule has 0 spiro atoms. The SMILES string of the molecule is CC1CC(O)CCCCCCCCCCC(O)C1.CC1CC23CCCCCCCCCCC(C1)(OO2)O3. The first kappa shape index (κ1) is 31.3. The fraction of sp³-hybridized carbons (Fsp3) is 1.00. The molecule has 4 rings (SSSR count). The molecule has 0 aromatic rings. The van der Waals surface area contributed by atoms with Gasteiger partial charge in [-0.3, -0.25) is 0 Å². The van der Waals surface area contributed by atoms with Gasteiger partial charge in [-0.05, 0) is 50.4 Å². The van der Waals surface area contributed by atoms with E-state index in [1.165, 1.54) is 89.9 Å². The summed E-state index contributed by atoms with van der Waals surface area (Å²) in [4.78, 5) is 11.4. The molecule has 0 aromatic carbocycles. The zero-order valence-electron chi connectivity index (χ0n) is 24.4. The smallest absolute Gasteiger partial charge is 0.205 e. The molecule has 3 saturated heterocycles. The van der Waals surface area contributed by atoms with Crippen LogP contribution in [0.5, 0.6) is 0 Å². The predicted molar refractivity (Wildman–Crippen MR) is 150 cm³/mol. The van der Waals surface area contributed by atoms with Crippen molar-refractivity contribution in [1.82, 2.24) is 0 Å². The minimum absolute atomic E-state index is 0.155. The van der Waals surface area contributed by atoms with E-state index in [0.29, 0.717) is 11.8 Å². The van der Waals surface area contributed by atoms with Gasteiger partial charge < -0.3 is 14.9 Å². The van der Waals surface area contributed by atoms with E-state index >= 15 is 0 Å². The van der Waals surface area contributed by atoms with Crippen LogP contribution in [0.3, 0.4) is 0 Å². The zero-order chi connectivity index (χ0) is 26.4. The molecule has 2 N–H and O–H groups in total. The average molecular weight is 525 g/mol. The quantitative estimate of drug-likeness (QED) is 0.310. The minimum Gasteiger partial charge on any atom is -0.393 e. The third-order valence-corrected chi connectivity index (χ3v) is 9.08. The monoisotopic (exact) mass is 524 g/mol. The molecule has 3 aliphatic heterocycles. The summed E-state index contributed by atoms with van der Waals surface area (Å²) in [5.74, 6) is 0.235. The van der Waals surface area contributed by atoms with E-state index in [1.54, 1.807) is 0 Å². The van der Waals surface area contributed by atoms with Gasteiger partial charge in [0.05, 0.1) is 12.2 Å². The van der Waals surface area contributed by atoms with Crippen LogP contribution in [0.4, 0.5) is 0 Å². The van der Waals surface area contributed by atoms with Crippen molar-refractivity contribution in [3.8, 4) is 0 Å². The highest BCUT2D eigenvalue weighted by Gasteiger charge is 2.57. The Hall–Kier alpha value is -0.200. The molecule has 4 aliphatic rings. The highest BCUT2D eigenvalue weighted by molar-refractivity contribution is 4.89. The molecule has 1 saturated carbocycles. The lowest BCUT2D eigenvalue weighted by Crippen LogP contribution is -2.44. The van der Waals surface area contributed by atoms with E-state index in [1.807, 2.05) is 0 Å². The predicted octanol–water partition coefficient (Wildman–Crippen LogP) is 8.74. The number of ether oxygens (including phenoxy) is 1. The Bertz CT molecular complexity index is 552. The average Bonchev–Trinajstić information content (AvgIpc) is 3.11. The maximum absolute atomic E-state index is 9.95. The molecule has 0 radical (unpaired) electrons. The van der Waals surface area contributed by atoms with Crippen molar-refractivity contribution in [2.24, 2.45) is 11.8 Å². The second kappa shape index (κ2) is 16.8. The Kier molecular flexibility index (Phi) is 14.2. The summed E-state index contributed by atoms with van der Waals surface area (Å²) in [7, 11) is 0. The van der Waals surface area contributed by atoms with Crippen LogP contribution in [0.1, 0.15) is 168 Å². The number of aliphatic hydroxyl groups is 2. The number of hydrogen-bond acceptors (Lipinski definition) is 5. The second-order valence-corrected chi connectivity index (χ2v) is 13.2. The van der Waals surface area contributed by atoms with E-state index in [0.717, 1.165) is 64.2 Å². The largest absolute Gasteiger partial charge is 0.393 e. The highest BCUT2D eigenvalue weighted by Crippen LogP contribution is 2.51. The van der Waals surface area contributed by atoms with Crippen LogP contribution in [0.2, 0.25) is 0 Å². The van der Waals surface area contributed by atoms with Gasteiger partial charge in [0, 0.05) is 25.7 Å². The summed E-state index contributed by atoms with van der Waals surface area (Å²) in [6.07, 6.45) is 28.0. The first-order valence-electron chi connectivity index (χ1n) is 16.3. The van der Waals surface area contributed by atoms with Crippen molar-refractivity contribution >= 4 is 0 Å². The maximum atomic E-state index is 9.95. The molecule has 5 nitrogen and oxygen atoms in total. The van der Waals surface area contributed by atoms with Crippen molar-refractivity contribution < 1.29 is 24.7 Å². The Morgan fingerprint density at radius 1 is 0.486 bits per heavy atom. The molecule has 0 aromatic heterocycles. The van der Waals surface area contributed by atoms with Gasteiger partial charge in [-0.25, -0.2) is 0 Å². The minimum atomic E-state index is -0.425. The molecular formula is C32H60O5. The topological polar surface area (TPSA) is 68.2 Å². The molecule has 3 heterocycles. The van der Waals surface area contributed by atoms with Crippen LogP contribution in [0.25, 0.3) is 0 Å². The van der Waals surface area contributed by atoms with Gasteiger partial charge in [-0.1, -0.05) is 104 Å². The fourth-order valence-electron chi connectivity index (χ4n) is 7.13. The summed E-state index contributed by atoms with van der Waals surface area (Å²) in [5.41, 5.74) is 0. The normalized spacial score (nSPS) is 39.9. The van der Waals surface area contributed by atoms with Gasteiger partial charge in [0.2, 0.25) is 11.6 Å². The van der Waals surface area contributed by atoms with Crippen LogP contribution in [-0.4, -0.2) is 34.0 Å². The van der Waals surface area contributed by atoms with Gasteiger partial charge >= 0.3 is 0 Å². The van der Waals surface area contributed by atoms with E-state index in [9.17, 15) is 10.2 Å². The summed E-state index contributed by atoms with van der Waals surface area (Å²) in [5, 5.41) is 19.9. The third-order valence-electron chi connectivity index (χ3n) is 9.08. The van der Waals surface area contributed by atoms with Gasteiger partial charge in [0.25, 0.3) is 0 Å². The molecule has 2 bridgehead atoms. The first-order valence-corrected chi connectivity index (χ1v) is 16.3. The molecular weight excluding hydrogens is 464 g/mol. The zero-order valence-corrected chi connectivity index (χ0v) is 24.4. The lowest BCUT2D eigenvalue weighted by Gasteiger charge is -2.37. The van der Waals surface area contributed by atoms with Crippen LogP contribution < -0.4 is 0 Å². The standard InChI is InChI=1S/C16H28O3.C16H32O2/c1-14-12-15-10-8-6-4-2-3-5-7-9-11-16(13-14,17-15)19-18-15;1-14-12-15(17)10-8-6-4-2-3-5-7-9-11-16(18)13-14/h14H,2-13H2,1H3;14-18H,2-13H2,1H3. The number of aliphatic hydroxyl groups excluding tert-OH is 2. The van der Waals surface area contributed by atoms with Crippen molar-refractivity contribution in [2.75, 3.05) is 0 Å². The van der Waals surface area contributed by atoms with Crippen LogP contribution in [0, 0.1) is 11.8 Å². The van der Waals surface area contributed by atoms with Crippen LogP contribution in [0.15, 0.2) is 0 Å². The summed E-state index contributed by atoms with van der Waals surface area (Å²) < 4.78 is 6.31. The van der Waals surface area contributed by atoms with Gasteiger partial charge in [0.1, 0.15) is 0 Å². The van der Waals surface area contributed by atoms with E-state index < -0.39 is 11.6 Å². The molecule has 4 fully saturated rings. The lowest BCUT2D eigenvalue weighted by atomic mass is 9.86. The van der Waals surface area contributed by atoms with E-state index in [2.05, 4.69) is 13.8 Å². The maximum Gasteiger partial charge on any atom is 0.205 e. The Balaban J connectivity index is 0.000000206. The lowest BCUT2D eigenvalue weighted by molar-refractivity contribution is -0.346. The second-order valence-electron chi connectivity index (χ2n) is 13.2. The Morgan fingerprint density at radius 3 is 1.24 bits per heavy atom. The summed E-state index contributed by atoms with van der Waals surface area (Å²) >= 11 is 0. The Labute approximate surface area is 228 Å². The van der Waals surface area contributed by atoms with Gasteiger partial charge in [-0.2, -0.15) is 9.78 Å². The van der Waals surface area contributed by atoms with Gasteiger partial charge in [0.15, 0.2) is 0 Å². The number of rotatable bonds is 0. The Morgan fingerprint density at radius 2 is 0.838 bits per heavy atom. The van der Waals surface area contributed by atoms with E-state index in [4.69, 9.17) is 14.5 Å². The van der Waals surface area contributed by atoms with Crippen molar-refractivity contribution in [3.05, 3.63) is 0 Å². The number of hydrogen-bond donors (Lipinski definition) is 2. The van der Waals surface area contributed by atoms with Crippen molar-refractivity contribution in [3.63, 3.8) is 0 Å². The fourth-order valence-corrected chi connectivity index (χ4v) is 7.13. The summed E-state index contributed by atoms with van der Waals surface area (Å²) in [6, 6.07) is 0. The molecule has 218 valence electrons. The highest BCUT2D eigenvalue weighted by atomic mass is 17.3. The molecule has 5 heteroatoms. The molecule has 37 heavy (non-hydrogen) atoms. The van der Waals surface area contributed by atoms with Crippen LogP contribution in [-0.2, 0) is 14.5 Å². The molecule has 1 aliphatic carbocycles. The summed E-state index contributed by atoms with van der Waals surface area (Å²) in [6.45, 7) is 4.46. The first-order chi connectivity index (χ1) is 17.9. The van der Waals surface area contributed by atoms with E-state index in [-0.39, 0.29) is 12.2 Å².